The number of pyridine rings is 1. The van der Waals surface area contributed by atoms with E-state index >= 15 is 0 Å². The molecule has 2 heteroatoms. The van der Waals surface area contributed by atoms with Crippen molar-refractivity contribution in [3.8, 4) is 11.6 Å². The maximum absolute atomic E-state index is 6.28. The van der Waals surface area contributed by atoms with Gasteiger partial charge in [-0.1, -0.05) is 31.5 Å². The van der Waals surface area contributed by atoms with Crippen LogP contribution in [0.4, 0.5) is 0 Å². The Bertz CT molecular complexity index is 676. The molecule has 0 unspecified atom stereocenters. The van der Waals surface area contributed by atoms with Crippen molar-refractivity contribution in [1.82, 2.24) is 4.98 Å². The van der Waals surface area contributed by atoms with Crippen molar-refractivity contribution in [3.63, 3.8) is 0 Å². The van der Waals surface area contributed by atoms with Gasteiger partial charge >= 0.3 is 0 Å². The molecule has 0 atom stereocenters. The Morgan fingerprint density at radius 2 is 1.48 bits per heavy atom. The summed E-state index contributed by atoms with van der Waals surface area (Å²) in [5, 5.41) is 0. The van der Waals surface area contributed by atoms with E-state index in [1.165, 1.54) is 16.7 Å². The normalized spacial score (nSPS) is 11.1. The van der Waals surface area contributed by atoms with Gasteiger partial charge in [0.25, 0.3) is 0 Å². The van der Waals surface area contributed by atoms with Crippen LogP contribution in [-0.2, 0) is 0 Å². The SMILES string of the molecule is CCC(CC)c1cc(C)nc(Oc2c(C)cc(C)cc2C)c1C. The quantitative estimate of drug-likeness (QED) is 0.644. The molecule has 124 valence electrons. The second-order valence-electron chi connectivity index (χ2n) is 6.63. The Morgan fingerprint density at radius 1 is 0.913 bits per heavy atom. The van der Waals surface area contributed by atoms with Gasteiger partial charge in [-0.2, -0.15) is 0 Å². The molecule has 2 nitrogen and oxygen atoms in total. The van der Waals surface area contributed by atoms with Crippen LogP contribution in [-0.4, -0.2) is 4.98 Å². The van der Waals surface area contributed by atoms with Crippen LogP contribution in [0.25, 0.3) is 0 Å². The Hall–Kier alpha value is -1.83. The average Bonchev–Trinajstić information content (AvgIpc) is 2.48. The molecular formula is C21H29NO. The topological polar surface area (TPSA) is 22.1 Å². The summed E-state index contributed by atoms with van der Waals surface area (Å²) < 4.78 is 6.28. The molecule has 0 saturated heterocycles. The summed E-state index contributed by atoms with van der Waals surface area (Å²) in [6.07, 6.45) is 2.28. The second kappa shape index (κ2) is 7.16. The highest BCUT2D eigenvalue weighted by Crippen LogP contribution is 2.35. The molecule has 0 N–H and O–H groups in total. The smallest absolute Gasteiger partial charge is 0.222 e. The first-order chi connectivity index (χ1) is 10.9. The predicted octanol–water partition coefficient (Wildman–Crippen LogP) is 6.32. The van der Waals surface area contributed by atoms with Crippen LogP contribution >= 0.6 is 0 Å². The molecular weight excluding hydrogens is 282 g/mol. The van der Waals surface area contributed by atoms with Crippen molar-refractivity contribution >= 4 is 0 Å². The first-order valence-corrected chi connectivity index (χ1v) is 8.61. The van der Waals surface area contributed by atoms with Crippen LogP contribution in [0.1, 0.15) is 66.1 Å². The van der Waals surface area contributed by atoms with Crippen LogP contribution in [0.5, 0.6) is 11.6 Å². The summed E-state index contributed by atoms with van der Waals surface area (Å²) in [5.41, 5.74) is 7.15. The van der Waals surface area contributed by atoms with E-state index in [2.05, 4.69) is 64.7 Å². The number of nitrogens with zero attached hydrogens (tertiary/aromatic N) is 1. The number of rotatable bonds is 5. The second-order valence-corrected chi connectivity index (χ2v) is 6.63. The van der Waals surface area contributed by atoms with E-state index in [9.17, 15) is 0 Å². The molecule has 1 heterocycles. The van der Waals surface area contributed by atoms with Gasteiger partial charge in [-0.15, -0.1) is 0 Å². The lowest BCUT2D eigenvalue weighted by atomic mass is 9.91. The van der Waals surface area contributed by atoms with Crippen molar-refractivity contribution in [3.05, 3.63) is 51.7 Å². The lowest BCUT2D eigenvalue weighted by molar-refractivity contribution is 0.448. The molecule has 0 amide bonds. The van der Waals surface area contributed by atoms with Gasteiger partial charge in [0.2, 0.25) is 5.88 Å². The molecule has 1 aromatic carbocycles. The van der Waals surface area contributed by atoms with Gasteiger partial charge in [0.1, 0.15) is 5.75 Å². The summed E-state index contributed by atoms with van der Waals surface area (Å²) in [4.78, 5) is 4.66. The third-order valence-corrected chi connectivity index (χ3v) is 4.62. The molecule has 0 fully saturated rings. The molecule has 2 rings (SSSR count). The van der Waals surface area contributed by atoms with Crippen molar-refractivity contribution < 1.29 is 4.74 Å². The van der Waals surface area contributed by atoms with Crippen molar-refractivity contribution in [2.75, 3.05) is 0 Å². The zero-order valence-corrected chi connectivity index (χ0v) is 15.6. The molecule has 0 saturated carbocycles. The van der Waals surface area contributed by atoms with Gasteiger partial charge in [0, 0.05) is 11.3 Å². The maximum Gasteiger partial charge on any atom is 0.222 e. The van der Waals surface area contributed by atoms with Gasteiger partial charge in [0.05, 0.1) is 0 Å². The standard InChI is InChI=1S/C21H29NO/c1-8-18(9-2)19-12-16(6)22-21(17(19)7)23-20-14(4)10-13(3)11-15(20)5/h10-12,18H,8-9H2,1-7H3. The minimum Gasteiger partial charge on any atom is -0.438 e. The predicted molar refractivity (Wildman–Crippen MR) is 97.8 cm³/mol. The van der Waals surface area contributed by atoms with E-state index in [1.807, 2.05) is 6.92 Å². The third kappa shape index (κ3) is 3.74. The fourth-order valence-electron chi connectivity index (χ4n) is 3.41. The van der Waals surface area contributed by atoms with Crippen molar-refractivity contribution in [1.29, 1.82) is 0 Å². The van der Waals surface area contributed by atoms with Gasteiger partial charge in [0.15, 0.2) is 0 Å². The maximum atomic E-state index is 6.28. The van der Waals surface area contributed by atoms with Crippen LogP contribution in [0.2, 0.25) is 0 Å². The minimum absolute atomic E-state index is 0.569. The van der Waals surface area contributed by atoms with Crippen molar-refractivity contribution in [2.45, 2.75) is 67.2 Å². The number of aryl methyl sites for hydroxylation is 4. The van der Waals surface area contributed by atoms with E-state index < -0.39 is 0 Å². The molecule has 0 bridgehead atoms. The van der Waals surface area contributed by atoms with E-state index in [1.54, 1.807) is 0 Å². The number of ether oxygens (including phenoxy) is 1. The molecule has 1 aromatic heterocycles. The van der Waals surface area contributed by atoms with Gasteiger partial charge < -0.3 is 4.74 Å². The van der Waals surface area contributed by atoms with Crippen LogP contribution in [0.15, 0.2) is 18.2 Å². The van der Waals surface area contributed by atoms with Gasteiger partial charge in [-0.25, -0.2) is 4.98 Å². The molecule has 0 aliphatic rings. The minimum atomic E-state index is 0.569. The lowest BCUT2D eigenvalue weighted by Gasteiger charge is -2.20. The summed E-state index contributed by atoms with van der Waals surface area (Å²) in [6.45, 7) is 15.0. The molecule has 0 spiro atoms. The summed E-state index contributed by atoms with van der Waals surface area (Å²) in [6, 6.07) is 6.54. The molecule has 0 aliphatic heterocycles. The fourth-order valence-corrected chi connectivity index (χ4v) is 3.41. The van der Waals surface area contributed by atoms with E-state index in [0.717, 1.165) is 41.3 Å². The summed E-state index contributed by atoms with van der Waals surface area (Å²) in [5.74, 6) is 2.26. The van der Waals surface area contributed by atoms with Gasteiger partial charge in [-0.05, 0) is 76.1 Å². The zero-order chi connectivity index (χ0) is 17.1. The van der Waals surface area contributed by atoms with Gasteiger partial charge in [-0.3, -0.25) is 0 Å². The number of benzene rings is 1. The summed E-state index contributed by atoms with van der Waals surface area (Å²) in [7, 11) is 0. The van der Waals surface area contributed by atoms with E-state index in [-0.39, 0.29) is 0 Å². The molecule has 0 aliphatic carbocycles. The van der Waals surface area contributed by atoms with E-state index in [0.29, 0.717) is 5.92 Å². The number of hydrogen-bond acceptors (Lipinski definition) is 2. The number of hydrogen-bond donors (Lipinski definition) is 0. The third-order valence-electron chi connectivity index (χ3n) is 4.62. The molecule has 23 heavy (non-hydrogen) atoms. The summed E-state index contributed by atoms with van der Waals surface area (Å²) >= 11 is 0. The monoisotopic (exact) mass is 311 g/mol. The highest BCUT2D eigenvalue weighted by Gasteiger charge is 2.17. The first kappa shape index (κ1) is 17.5. The number of aromatic nitrogens is 1. The largest absolute Gasteiger partial charge is 0.438 e. The average molecular weight is 311 g/mol. The van der Waals surface area contributed by atoms with Crippen LogP contribution < -0.4 is 4.74 Å². The highest BCUT2D eigenvalue weighted by atomic mass is 16.5. The van der Waals surface area contributed by atoms with E-state index in [4.69, 9.17) is 4.74 Å². The Morgan fingerprint density at radius 3 is 2.00 bits per heavy atom. The van der Waals surface area contributed by atoms with Crippen LogP contribution in [0, 0.1) is 34.6 Å². The Balaban J connectivity index is 2.49. The Kier molecular flexibility index (Phi) is 5.46. The molecule has 0 radical (unpaired) electrons. The van der Waals surface area contributed by atoms with Crippen molar-refractivity contribution in [2.24, 2.45) is 0 Å². The Labute approximate surface area is 140 Å². The fraction of sp³-hybridized carbons (Fsp3) is 0.476. The lowest BCUT2D eigenvalue weighted by Crippen LogP contribution is -2.04. The highest BCUT2D eigenvalue weighted by molar-refractivity contribution is 5.47. The van der Waals surface area contributed by atoms with Crippen LogP contribution in [0.3, 0.4) is 0 Å². The molecule has 2 aromatic rings. The first-order valence-electron chi connectivity index (χ1n) is 8.61. The zero-order valence-electron chi connectivity index (χ0n) is 15.6.